The van der Waals surface area contributed by atoms with Gasteiger partial charge in [-0.1, -0.05) is 0 Å². The van der Waals surface area contributed by atoms with Gasteiger partial charge < -0.3 is 14.6 Å². The standard InChI is InChI=1S/C15H17N3O3/c1-21-15(20)13-4-2-3-7-18(13)14(19)10-5-6-11-12(8-10)17-9-16-11/h5-6,8-9,13H,2-4,7H2,1H3,(H,16,17)/t13-/m1/s1. The summed E-state index contributed by atoms with van der Waals surface area (Å²) in [4.78, 5) is 33.3. The predicted octanol–water partition coefficient (Wildman–Crippen LogP) is 1.73. The van der Waals surface area contributed by atoms with Crippen LogP contribution in [0.5, 0.6) is 0 Å². The number of benzene rings is 1. The number of ether oxygens (including phenoxy) is 1. The highest BCUT2D eigenvalue weighted by atomic mass is 16.5. The molecule has 3 rings (SSSR count). The van der Waals surface area contributed by atoms with Crippen molar-refractivity contribution in [3.05, 3.63) is 30.1 Å². The van der Waals surface area contributed by atoms with Gasteiger partial charge in [-0.2, -0.15) is 0 Å². The molecule has 0 spiro atoms. The maximum atomic E-state index is 12.7. The molecule has 110 valence electrons. The number of esters is 1. The SMILES string of the molecule is COC(=O)[C@H]1CCCCN1C(=O)c1ccc2nc[nH]c2c1. The molecule has 1 atom stereocenters. The second kappa shape index (κ2) is 5.55. The number of amides is 1. The van der Waals surface area contributed by atoms with Crippen LogP contribution in [0.25, 0.3) is 11.0 Å². The Bertz CT molecular complexity index is 680. The van der Waals surface area contributed by atoms with Gasteiger partial charge >= 0.3 is 5.97 Å². The minimum Gasteiger partial charge on any atom is -0.467 e. The number of hydrogen-bond acceptors (Lipinski definition) is 4. The lowest BCUT2D eigenvalue weighted by atomic mass is 10.0. The fourth-order valence-electron chi connectivity index (χ4n) is 2.79. The van der Waals surface area contributed by atoms with Gasteiger partial charge in [0.1, 0.15) is 6.04 Å². The molecule has 6 nitrogen and oxygen atoms in total. The Kier molecular flexibility index (Phi) is 3.60. The number of aromatic amines is 1. The molecule has 0 saturated carbocycles. The lowest BCUT2D eigenvalue weighted by molar-refractivity contribution is -0.147. The molecular formula is C15H17N3O3. The molecule has 1 aliphatic rings. The summed E-state index contributed by atoms with van der Waals surface area (Å²) in [6, 6.07) is 4.84. The second-order valence-corrected chi connectivity index (χ2v) is 5.17. The minimum absolute atomic E-state index is 0.137. The van der Waals surface area contributed by atoms with E-state index in [4.69, 9.17) is 4.74 Å². The first-order valence-electron chi connectivity index (χ1n) is 7.02. The van der Waals surface area contributed by atoms with Crippen molar-refractivity contribution in [3.63, 3.8) is 0 Å². The van der Waals surface area contributed by atoms with E-state index in [1.807, 2.05) is 0 Å². The number of methoxy groups -OCH3 is 1. The molecule has 0 aliphatic carbocycles. The summed E-state index contributed by atoms with van der Waals surface area (Å²) in [6.45, 7) is 0.583. The topological polar surface area (TPSA) is 75.3 Å². The molecule has 1 fully saturated rings. The van der Waals surface area contributed by atoms with Gasteiger partial charge in [-0.25, -0.2) is 9.78 Å². The molecule has 1 aromatic heterocycles. The molecule has 6 heteroatoms. The van der Waals surface area contributed by atoms with Crippen LogP contribution in [0.2, 0.25) is 0 Å². The highest BCUT2D eigenvalue weighted by molar-refractivity contribution is 5.99. The Morgan fingerprint density at radius 2 is 2.24 bits per heavy atom. The van der Waals surface area contributed by atoms with Crippen LogP contribution in [0.4, 0.5) is 0 Å². The van der Waals surface area contributed by atoms with Gasteiger partial charge in [-0.3, -0.25) is 4.79 Å². The summed E-state index contributed by atoms with van der Waals surface area (Å²) in [7, 11) is 1.36. The number of nitrogens with zero attached hydrogens (tertiary/aromatic N) is 2. The first-order chi connectivity index (χ1) is 10.2. The highest BCUT2D eigenvalue weighted by Crippen LogP contribution is 2.22. The predicted molar refractivity (Wildman–Crippen MR) is 76.8 cm³/mol. The number of carbonyl (C=O) groups excluding carboxylic acids is 2. The van der Waals surface area contributed by atoms with Crippen LogP contribution in [-0.4, -0.2) is 46.4 Å². The highest BCUT2D eigenvalue weighted by Gasteiger charge is 2.33. The zero-order chi connectivity index (χ0) is 14.8. The van der Waals surface area contributed by atoms with E-state index in [1.165, 1.54) is 7.11 Å². The molecule has 2 aromatic rings. The van der Waals surface area contributed by atoms with Gasteiger partial charge in [0.2, 0.25) is 0 Å². The third-order valence-electron chi connectivity index (χ3n) is 3.90. The number of rotatable bonds is 2. The van der Waals surface area contributed by atoms with Crippen LogP contribution in [-0.2, 0) is 9.53 Å². The Labute approximate surface area is 122 Å². The Morgan fingerprint density at radius 1 is 1.38 bits per heavy atom. The first kappa shape index (κ1) is 13.6. The Hall–Kier alpha value is -2.37. The summed E-state index contributed by atoms with van der Waals surface area (Å²) in [5.41, 5.74) is 2.18. The summed E-state index contributed by atoms with van der Waals surface area (Å²) < 4.78 is 4.81. The average molecular weight is 287 g/mol. The van der Waals surface area contributed by atoms with Crippen molar-refractivity contribution < 1.29 is 14.3 Å². The summed E-state index contributed by atoms with van der Waals surface area (Å²) in [6.07, 6.45) is 4.09. The van der Waals surface area contributed by atoms with Crippen molar-refractivity contribution in [2.45, 2.75) is 25.3 Å². The Balaban J connectivity index is 1.89. The lowest BCUT2D eigenvalue weighted by Gasteiger charge is -2.33. The molecular weight excluding hydrogens is 270 g/mol. The van der Waals surface area contributed by atoms with E-state index in [0.717, 1.165) is 23.9 Å². The molecule has 1 aromatic carbocycles. The maximum absolute atomic E-state index is 12.7. The van der Waals surface area contributed by atoms with E-state index in [1.54, 1.807) is 29.4 Å². The largest absolute Gasteiger partial charge is 0.467 e. The summed E-state index contributed by atoms with van der Waals surface area (Å²) >= 11 is 0. The summed E-state index contributed by atoms with van der Waals surface area (Å²) in [5, 5.41) is 0. The molecule has 1 N–H and O–H groups in total. The fourth-order valence-corrected chi connectivity index (χ4v) is 2.79. The van der Waals surface area contributed by atoms with E-state index in [-0.39, 0.29) is 11.9 Å². The number of carbonyl (C=O) groups is 2. The number of likely N-dealkylation sites (tertiary alicyclic amines) is 1. The van der Waals surface area contributed by atoms with Crippen molar-refractivity contribution in [2.24, 2.45) is 0 Å². The third-order valence-corrected chi connectivity index (χ3v) is 3.90. The van der Waals surface area contributed by atoms with Crippen LogP contribution in [0.3, 0.4) is 0 Å². The van der Waals surface area contributed by atoms with Crippen molar-refractivity contribution in [3.8, 4) is 0 Å². The number of piperidine rings is 1. The number of aromatic nitrogens is 2. The van der Waals surface area contributed by atoms with Crippen LogP contribution in [0.1, 0.15) is 29.6 Å². The number of hydrogen-bond donors (Lipinski definition) is 1. The lowest BCUT2D eigenvalue weighted by Crippen LogP contribution is -2.48. The average Bonchev–Trinajstić information content (AvgIpc) is 3.01. The molecule has 1 amide bonds. The van der Waals surface area contributed by atoms with Gasteiger partial charge in [-0.05, 0) is 37.5 Å². The fraction of sp³-hybridized carbons (Fsp3) is 0.400. The van der Waals surface area contributed by atoms with E-state index in [0.29, 0.717) is 18.5 Å². The van der Waals surface area contributed by atoms with Crippen LogP contribution in [0.15, 0.2) is 24.5 Å². The maximum Gasteiger partial charge on any atom is 0.328 e. The molecule has 21 heavy (non-hydrogen) atoms. The molecule has 0 unspecified atom stereocenters. The normalized spacial score (nSPS) is 18.7. The quantitative estimate of drug-likeness (QED) is 0.854. The number of H-pyrrole nitrogens is 1. The van der Waals surface area contributed by atoms with Gasteiger partial charge in [-0.15, -0.1) is 0 Å². The van der Waals surface area contributed by atoms with Gasteiger partial charge in [0.05, 0.1) is 24.5 Å². The number of imidazole rings is 1. The van der Waals surface area contributed by atoms with Crippen molar-refractivity contribution >= 4 is 22.9 Å². The molecule has 2 heterocycles. The van der Waals surface area contributed by atoms with Crippen LogP contribution in [0, 0.1) is 0 Å². The zero-order valence-electron chi connectivity index (χ0n) is 11.8. The first-order valence-corrected chi connectivity index (χ1v) is 7.02. The molecule has 0 bridgehead atoms. The zero-order valence-corrected chi connectivity index (χ0v) is 11.8. The van der Waals surface area contributed by atoms with Crippen LogP contribution >= 0.6 is 0 Å². The Morgan fingerprint density at radius 3 is 3.05 bits per heavy atom. The van der Waals surface area contributed by atoms with E-state index in [2.05, 4.69) is 9.97 Å². The monoisotopic (exact) mass is 287 g/mol. The van der Waals surface area contributed by atoms with Crippen LogP contribution < -0.4 is 0 Å². The molecule has 1 aliphatic heterocycles. The van der Waals surface area contributed by atoms with Gasteiger partial charge in [0.25, 0.3) is 5.91 Å². The second-order valence-electron chi connectivity index (χ2n) is 5.17. The van der Waals surface area contributed by atoms with E-state index < -0.39 is 6.04 Å². The molecule has 0 radical (unpaired) electrons. The number of nitrogens with one attached hydrogen (secondary N) is 1. The minimum atomic E-state index is -0.478. The van der Waals surface area contributed by atoms with E-state index >= 15 is 0 Å². The van der Waals surface area contributed by atoms with Crippen molar-refractivity contribution in [1.29, 1.82) is 0 Å². The van der Waals surface area contributed by atoms with Crippen molar-refractivity contribution in [2.75, 3.05) is 13.7 Å². The van der Waals surface area contributed by atoms with Gasteiger partial charge in [0, 0.05) is 12.1 Å². The third kappa shape index (κ3) is 2.49. The number of fused-ring (bicyclic) bond motifs is 1. The molecule has 1 saturated heterocycles. The van der Waals surface area contributed by atoms with Gasteiger partial charge in [0.15, 0.2) is 0 Å². The van der Waals surface area contributed by atoms with E-state index in [9.17, 15) is 9.59 Å². The van der Waals surface area contributed by atoms with Crippen molar-refractivity contribution in [1.82, 2.24) is 14.9 Å². The smallest absolute Gasteiger partial charge is 0.328 e. The summed E-state index contributed by atoms with van der Waals surface area (Å²) in [5.74, 6) is -0.479.